The van der Waals surface area contributed by atoms with Gasteiger partial charge in [-0.05, 0) is 30.1 Å². The summed E-state index contributed by atoms with van der Waals surface area (Å²) >= 11 is 0. The number of carboxylic acid groups (broad SMARTS) is 1. The van der Waals surface area contributed by atoms with Crippen LogP contribution in [0.25, 0.3) is 0 Å². The monoisotopic (exact) mass is 222 g/mol. The van der Waals surface area contributed by atoms with Crippen LogP contribution in [0.2, 0.25) is 0 Å². The van der Waals surface area contributed by atoms with Gasteiger partial charge in [-0.3, -0.25) is 9.59 Å². The van der Waals surface area contributed by atoms with Gasteiger partial charge in [-0.25, -0.2) is 0 Å². The molecule has 4 rings (SSSR count). The van der Waals surface area contributed by atoms with E-state index in [1.165, 1.54) is 7.11 Å². The molecule has 4 nitrogen and oxygen atoms in total. The smallest absolute Gasteiger partial charge is 0.310 e. The second-order valence-corrected chi connectivity index (χ2v) is 5.02. The number of aliphatic carboxylic acids is 1. The fraction of sp³-hybridized carbons (Fsp3) is 0.667. The minimum Gasteiger partial charge on any atom is -0.481 e. The lowest BCUT2D eigenvalue weighted by molar-refractivity contribution is -0.162. The van der Waals surface area contributed by atoms with E-state index in [2.05, 4.69) is 0 Å². The molecule has 2 fully saturated rings. The summed E-state index contributed by atoms with van der Waals surface area (Å²) in [6, 6.07) is 0. The van der Waals surface area contributed by atoms with E-state index in [0.717, 1.165) is 6.42 Å². The van der Waals surface area contributed by atoms with Crippen molar-refractivity contribution in [1.29, 1.82) is 0 Å². The minimum absolute atomic E-state index is 0.0385. The molecular formula is C12H14O4. The third kappa shape index (κ3) is 1.10. The maximum absolute atomic E-state index is 11.7. The molecule has 0 aromatic heterocycles. The summed E-state index contributed by atoms with van der Waals surface area (Å²) in [6.07, 6.45) is 5.09. The fourth-order valence-corrected chi connectivity index (χ4v) is 3.67. The standard InChI is InChI=1S/C12H14O4/c1-16-12(15)10-6-3-2-5(7-4-8(6)7)9(10)11(13)14/h2-3,5-10H,4H2,1H3,(H,13,14)/t5?,6?,7?,8?,9-,10+/m1/s1. The third-order valence-corrected chi connectivity index (χ3v) is 4.41. The van der Waals surface area contributed by atoms with E-state index >= 15 is 0 Å². The number of rotatable bonds is 2. The number of hydrogen-bond donors (Lipinski definition) is 1. The Labute approximate surface area is 93.3 Å². The van der Waals surface area contributed by atoms with Crippen molar-refractivity contribution in [2.75, 3.05) is 7.11 Å². The normalized spacial score (nSPS) is 47.3. The van der Waals surface area contributed by atoms with Crippen LogP contribution in [0.15, 0.2) is 12.2 Å². The van der Waals surface area contributed by atoms with E-state index in [4.69, 9.17) is 4.74 Å². The number of carbonyl (C=O) groups excluding carboxylic acids is 1. The molecule has 0 saturated heterocycles. The molecule has 0 spiro atoms. The first-order valence-corrected chi connectivity index (χ1v) is 5.64. The highest BCUT2D eigenvalue weighted by molar-refractivity contribution is 5.83. The Bertz CT molecular complexity index is 386. The summed E-state index contributed by atoms with van der Waals surface area (Å²) in [7, 11) is 1.33. The molecule has 86 valence electrons. The summed E-state index contributed by atoms with van der Waals surface area (Å²) in [6.45, 7) is 0. The molecule has 4 heteroatoms. The molecule has 4 aliphatic carbocycles. The molecule has 0 aromatic rings. The lowest BCUT2D eigenvalue weighted by atomic mass is 9.62. The van der Waals surface area contributed by atoms with Crippen molar-refractivity contribution < 1.29 is 19.4 Å². The molecule has 6 atom stereocenters. The van der Waals surface area contributed by atoms with Crippen LogP contribution in [0.5, 0.6) is 0 Å². The first kappa shape index (κ1) is 9.87. The summed E-state index contributed by atoms with van der Waals surface area (Å²) in [4.78, 5) is 23.0. The van der Waals surface area contributed by atoms with E-state index in [9.17, 15) is 14.7 Å². The molecule has 4 aliphatic rings. The van der Waals surface area contributed by atoms with Gasteiger partial charge in [0.25, 0.3) is 0 Å². The van der Waals surface area contributed by atoms with Gasteiger partial charge in [0.2, 0.25) is 0 Å². The number of methoxy groups -OCH3 is 1. The van der Waals surface area contributed by atoms with Crippen LogP contribution in [-0.4, -0.2) is 24.2 Å². The third-order valence-electron chi connectivity index (χ3n) is 4.41. The number of carboxylic acids is 1. The zero-order valence-electron chi connectivity index (χ0n) is 9.00. The van der Waals surface area contributed by atoms with Gasteiger partial charge in [0, 0.05) is 0 Å². The van der Waals surface area contributed by atoms with E-state index in [1.54, 1.807) is 0 Å². The Morgan fingerprint density at radius 1 is 1.19 bits per heavy atom. The van der Waals surface area contributed by atoms with Crippen LogP contribution in [0, 0.1) is 35.5 Å². The van der Waals surface area contributed by atoms with Gasteiger partial charge in [-0.15, -0.1) is 0 Å². The molecule has 0 aromatic carbocycles. The second kappa shape index (κ2) is 3.09. The van der Waals surface area contributed by atoms with Crippen LogP contribution >= 0.6 is 0 Å². The molecule has 2 bridgehead atoms. The highest BCUT2D eigenvalue weighted by Crippen LogP contribution is 2.63. The molecule has 1 N–H and O–H groups in total. The highest BCUT2D eigenvalue weighted by Gasteiger charge is 2.63. The first-order valence-electron chi connectivity index (χ1n) is 5.64. The topological polar surface area (TPSA) is 63.6 Å². The van der Waals surface area contributed by atoms with Crippen LogP contribution < -0.4 is 0 Å². The summed E-state index contributed by atoms with van der Waals surface area (Å²) < 4.78 is 4.75. The Hall–Kier alpha value is -1.32. The molecule has 16 heavy (non-hydrogen) atoms. The largest absolute Gasteiger partial charge is 0.481 e. The summed E-state index contributed by atoms with van der Waals surface area (Å²) in [5.41, 5.74) is 0. The molecule has 0 heterocycles. The number of ether oxygens (including phenoxy) is 1. The lowest BCUT2D eigenvalue weighted by Gasteiger charge is -2.40. The van der Waals surface area contributed by atoms with E-state index in [0.29, 0.717) is 11.8 Å². The van der Waals surface area contributed by atoms with Crippen LogP contribution in [-0.2, 0) is 14.3 Å². The van der Waals surface area contributed by atoms with Crippen LogP contribution in [0.1, 0.15) is 6.42 Å². The molecular weight excluding hydrogens is 208 g/mol. The predicted octanol–water partition coefficient (Wildman–Crippen LogP) is 0.928. The van der Waals surface area contributed by atoms with Crippen LogP contribution in [0.4, 0.5) is 0 Å². The van der Waals surface area contributed by atoms with Crippen molar-refractivity contribution in [1.82, 2.24) is 0 Å². The SMILES string of the molecule is COC(=O)[C@H]1C2C=CC(C3CC32)[C@H]1C(=O)O. The fourth-order valence-electron chi connectivity index (χ4n) is 3.67. The number of hydrogen-bond acceptors (Lipinski definition) is 3. The van der Waals surface area contributed by atoms with Crippen molar-refractivity contribution in [2.24, 2.45) is 35.5 Å². The highest BCUT2D eigenvalue weighted by atomic mass is 16.5. The second-order valence-electron chi connectivity index (χ2n) is 5.02. The van der Waals surface area contributed by atoms with Gasteiger partial charge in [0.1, 0.15) is 0 Å². The van der Waals surface area contributed by atoms with Gasteiger partial charge >= 0.3 is 11.9 Å². The molecule has 2 saturated carbocycles. The Morgan fingerprint density at radius 3 is 2.25 bits per heavy atom. The zero-order chi connectivity index (χ0) is 11.4. The summed E-state index contributed by atoms with van der Waals surface area (Å²) in [5.74, 6) is -1.13. The maximum Gasteiger partial charge on any atom is 0.310 e. The minimum atomic E-state index is -0.861. The quantitative estimate of drug-likeness (QED) is 0.557. The van der Waals surface area contributed by atoms with Gasteiger partial charge in [0.15, 0.2) is 0 Å². The summed E-state index contributed by atoms with van der Waals surface area (Å²) in [5, 5.41) is 9.27. The van der Waals surface area contributed by atoms with Gasteiger partial charge in [-0.1, -0.05) is 12.2 Å². The molecule has 0 aliphatic heterocycles. The predicted molar refractivity (Wildman–Crippen MR) is 54.3 cm³/mol. The average molecular weight is 222 g/mol. The molecule has 4 unspecified atom stereocenters. The number of esters is 1. The Morgan fingerprint density at radius 2 is 1.75 bits per heavy atom. The number of allylic oxidation sites excluding steroid dienone is 2. The first-order chi connectivity index (χ1) is 7.65. The van der Waals surface area contributed by atoms with Crippen molar-refractivity contribution in [3.05, 3.63) is 12.2 Å². The Kier molecular flexibility index (Phi) is 1.91. The van der Waals surface area contributed by atoms with Crippen LogP contribution in [0.3, 0.4) is 0 Å². The van der Waals surface area contributed by atoms with Crippen molar-refractivity contribution in [3.63, 3.8) is 0 Å². The van der Waals surface area contributed by atoms with Gasteiger partial charge in [-0.2, -0.15) is 0 Å². The average Bonchev–Trinajstić information content (AvgIpc) is 3.08. The zero-order valence-corrected chi connectivity index (χ0v) is 9.00. The lowest BCUT2D eigenvalue weighted by Crippen LogP contribution is -2.46. The molecule has 0 amide bonds. The number of fused-ring (bicyclic) bond motifs is 1. The maximum atomic E-state index is 11.7. The van der Waals surface area contributed by atoms with Gasteiger partial charge < -0.3 is 9.84 Å². The number of carbonyl (C=O) groups is 2. The van der Waals surface area contributed by atoms with E-state index in [1.807, 2.05) is 12.2 Å². The van der Waals surface area contributed by atoms with Crippen molar-refractivity contribution in [3.8, 4) is 0 Å². The van der Waals surface area contributed by atoms with Crippen molar-refractivity contribution >= 4 is 11.9 Å². The van der Waals surface area contributed by atoms with Crippen molar-refractivity contribution in [2.45, 2.75) is 6.42 Å². The molecule has 0 radical (unpaired) electrons. The van der Waals surface area contributed by atoms with E-state index in [-0.39, 0.29) is 17.8 Å². The Balaban J connectivity index is 1.98. The van der Waals surface area contributed by atoms with Gasteiger partial charge in [0.05, 0.1) is 18.9 Å². The van der Waals surface area contributed by atoms with E-state index < -0.39 is 17.8 Å².